The summed E-state index contributed by atoms with van der Waals surface area (Å²) < 4.78 is 36.8. The second kappa shape index (κ2) is 8.93. The number of hydrogen-bond donors (Lipinski definition) is 2. The molecule has 6 nitrogen and oxygen atoms in total. The Labute approximate surface area is 138 Å². The highest BCUT2D eigenvalue weighted by atomic mass is 19.4. The fraction of sp³-hybridized carbons (Fsp3) is 0.667. The van der Waals surface area contributed by atoms with Crippen LogP contribution >= 0.6 is 0 Å². The Morgan fingerprint density at radius 3 is 2.75 bits per heavy atom. The van der Waals surface area contributed by atoms with Gasteiger partial charge < -0.3 is 10.6 Å². The molecule has 0 spiro atoms. The summed E-state index contributed by atoms with van der Waals surface area (Å²) in [6, 6.07) is 0.136. The maximum Gasteiger partial charge on any atom is 0.405 e. The number of nitrogens with one attached hydrogen (secondary N) is 2. The van der Waals surface area contributed by atoms with Crippen LogP contribution in [0, 0.1) is 0 Å². The number of nitrogens with zero attached hydrogens (tertiary/aromatic N) is 3. The van der Waals surface area contributed by atoms with Crippen molar-refractivity contribution >= 4 is 5.91 Å². The van der Waals surface area contributed by atoms with Crippen molar-refractivity contribution in [2.45, 2.75) is 38.0 Å². The number of hydrogen-bond acceptors (Lipinski definition) is 5. The molecule has 1 aromatic heterocycles. The summed E-state index contributed by atoms with van der Waals surface area (Å²) in [7, 11) is 0. The highest BCUT2D eigenvalue weighted by molar-refractivity contribution is 5.78. The summed E-state index contributed by atoms with van der Waals surface area (Å²) in [5, 5.41) is 5.23. The van der Waals surface area contributed by atoms with Crippen molar-refractivity contribution in [2.75, 3.05) is 26.2 Å². The fourth-order valence-electron chi connectivity index (χ4n) is 2.77. The molecule has 1 aromatic rings. The van der Waals surface area contributed by atoms with E-state index in [0.29, 0.717) is 6.54 Å². The van der Waals surface area contributed by atoms with Gasteiger partial charge in [0.15, 0.2) is 0 Å². The number of rotatable bonds is 6. The molecule has 1 aliphatic heterocycles. The van der Waals surface area contributed by atoms with E-state index in [1.807, 2.05) is 10.2 Å². The van der Waals surface area contributed by atoms with E-state index in [9.17, 15) is 18.0 Å². The van der Waals surface area contributed by atoms with Crippen LogP contribution in [-0.2, 0) is 11.3 Å². The number of aromatic nitrogens is 2. The third kappa shape index (κ3) is 6.79. The van der Waals surface area contributed by atoms with E-state index >= 15 is 0 Å². The molecular formula is C15H22F3N5O. The van der Waals surface area contributed by atoms with Gasteiger partial charge in [-0.15, -0.1) is 0 Å². The van der Waals surface area contributed by atoms with Crippen molar-refractivity contribution < 1.29 is 18.0 Å². The van der Waals surface area contributed by atoms with Crippen LogP contribution in [0.5, 0.6) is 0 Å². The summed E-state index contributed by atoms with van der Waals surface area (Å²) in [6.45, 7) is 0.802. The number of halogens is 3. The first-order valence-electron chi connectivity index (χ1n) is 7.96. The third-order valence-electron chi connectivity index (χ3n) is 3.89. The van der Waals surface area contributed by atoms with Crippen molar-refractivity contribution in [2.24, 2.45) is 0 Å². The van der Waals surface area contributed by atoms with Gasteiger partial charge in [-0.1, -0.05) is 0 Å². The van der Waals surface area contributed by atoms with Crippen molar-refractivity contribution in [3.05, 3.63) is 24.3 Å². The maximum atomic E-state index is 12.3. The lowest BCUT2D eigenvalue weighted by atomic mass is 10.1. The molecule has 2 rings (SSSR count). The minimum atomic E-state index is -4.40. The lowest BCUT2D eigenvalue weighted by Crippen LogP contribution is -2.45. The lowest BCUT2D eigenvalue weighted by Gasteiger charge is -2.30. The van der Waals surface area contributed by atoms with Crippen molar-refractivity contribution in [1.82, 2.24) is 25.5 Å². The predicted molar refractivity (Wildman–Crippen MR) is 82.0 cm³/mol. The van der Waals surface area contributed by atoms with E-state index in [0.717, 1.165) is 37.9 Å². The predicted octanol–water partition coefficient (Wildman–Crippen LogP) is 1.10. The Morgan fingerprint density at radius 1 is 1.29 bits per heavy atom. The molecule has 1 atom stereocenters. The third-order valence-corrected chi connectivity index (χ3v) is 3.89. The number of carbonyl (C=O) groups is 1. The summed E-state index contributed by atoms with van der Waals surface area (Å²) in [5.74, 6) is -0.624. The maximum absolute atomic E-state index is 12.3. The molecule has 1 fully saturated rings. The van der Waals surface area contributed by atoms with Crippen LogP contribution in [0.15, 0.2) is 18.7 Å². The summed E-state index contributed by atoms with van der Waals surface area (Å²) >= 11 is 0. The molecule has 9 heteroatoms. The van der Waals surface area contributed by atoms with Crippen LogP contribution in [0.2, 0.25) is 0 Å². The van der Waals surface area contributed by atoms with Crippen LogP contribution in [0.4, 0.5) is 13.2 Å². The number of carbonyl (C=O) groups excluding carboxylic acids is 1. The van der Waals surface area contributed by atoms with Gasteiger partial charge in [0.1, 0.15) is 12.9 Å². The Bertz CT molecular complexity index is 504. The molecule has 0 aromatic carbocycles. The molecular weight excluding hydrogens is 323 g/mol. The molecule has 1 aliphatic rings. The number of amides is 1. The van der Waals surface area contributed by atoms with E-state index < -0.39 is 18.6 Å². The molecule has 2 N–H and O–H groups in total. The Balaban J connectivity index is 1.99. The first kappa shape index (κ1) is 18.6. The van der Waals surface area contributed by atoms with Gasteiger partial charge in [-0.2, -0.15) is 13.2 Å². The first-order chi connectivity index (χ1) is 11.4. The molecule has 0 unspecified atom stereocenters. The zero-order valence-corrected chi connectivity index (χ0v) is 13.4. The van der Waals surface area contributed by atoms with Gasteiger partial charge >= 0.3 is 6.18 Å². The summed E-state index contributed by atoms with van der Waals surface area (Å²) in [4.78, 5) is 21.7. The zero-order chi connectivity index (χ0) is 17.4. The molecule has 0 bridgehead atoms. The van der Waals surface area contributed by atoms with Crippen molar-refractivity contribution in [1.29, 1.82) is 0 Å². The van der Waals surface area contributed by atoms with Crippen molar-refractivity contribution in [3.8, 4) is 0 Å². The summed E-state index contributed by atoms with van der Waals surface area (Å²) in [5.41, 5.74) is 0.832. The summed E-state index contributed by atoms with van der Waals surface area (Å²) in [6.07, 6.45) is 3.04. The second-order valence-corrected chi connectivity index (χ2v) is 5.88. The van der Waals surface area contributed by atoms with Crippen LogP contribution in [0.1, 0.15) is 24.8 Å². The largest absolute Gasteiger partial charge is 0.405 e. The smallest absolute Gasteiger partial charge is 0.346 e. The Morgan fingerprint density at radius 2 is 2.04 bits per heavy atom. The Hall–Kier alpha value is -1.74. The van der Waals surface area contributed by atoms with E-state index in [1.54, 1.807) is 12.4 Å². The van der Waals surface area contributed by atoms with Gasteiger partial charge in [0.25, 0.3) is 0 Å². The van der Waals surface area contributed by atoms with Gasteiger partial charge in [0.2, 0.25) is 5.91 Å². The van der Waals surface area contributed by atoms with Gasteiger partial charge in [-0.3, -0.25) is 9.69 Å². The van der Waals surface area contributed by atoms with E-state index in [-0.39, 0.29) is 12.6 Å². The minimum absolute atomic E-state index is 0.0738. The van der Waals surface area contributed by atoms with Crippen LogP contribution in [0.25, 0.3) is 0 Å². The monoisotopic (exact) mass is 345 g/mol. The molecule has 2 heterocycles. The number of alkyl halides is 3. The topological polar surface area (TPSA) is 70.2 Å². The van der Waals surface area contributed by atoms with Crippen molar-refractivity contribution in [3.63, 3.8) is 0 Å². The van der Waals surface area contributed by atoms with Gasteiger partial charge in [-0.05, 0) is 32.4 Å². The highest BCUT2D eigenvalue weighted by Crippen LogP contribution is 2.16. The van der Waals surface area contributed by atoms with Gasteiger partial charge in [-0.25, -0.2) is 9.97 Å². The molecule has 24 heavy (non-hydrogen) atoms. The quantitative estimate of drug-likeness (QED) is 0.808. The van der Waals surface area contributed by atoms with Gasteiger partial charge in [0, 0.05) is 30.5 Å². The molecule has 0 radical (unpaired) electrons. The van der Waals surface area contributed by atoms with E-state index in [4.69, 9.17) is 0 Å². The fourth-order valence-corrected chi connectivity index (χ4v) is 2.77. The van der Waals surface area contributed by atoms with Gasteiger partial charge in [0.05, 0.1) is 6.54 Å². The second-order valence-electron chi connectivity index (χ2n) is 5.88. The lowest BCUT2D eigenvalue weighted by molar-refractivity contribution is -0.139. The van der Waals surface area contributed by atoms with Crippen LogP contribution < -0.4 is 10.6 Å². The molecule has 134 valence electrons. The normalized spacial score (nSPS) is 19.1. The van der Waals surface area contributed by atoms with E-state index in [2.05, 4.69) is 15.3 Å². The average Bonchev–Trinajstić information content (AvgIpc) is 2.82. The zero-order valence-electron chi connectivity index (χ0n) is 13.4. The molecule has 0 saturated carbocycles. The molecule has 0 aliphatic carbocycles. The minimum Gasteiger partial charge on any atom is -0.346 e. The van der Waals surface area contributed by atoms with Crippen LogP contribution in [-0.4, -0.2) is 59.2 Å². The Kier molecular flexibility index (Phi) is 6.92. The van der Waals surface area contributed by atoms with Crippen LogP contribution in [0.3, 0.4) is 0 Å². The molecule has 1 saturated heterocycles. The SMILES string of the molecule is O=C(CN(Cc1cncnc1)[C@H]1CCCNCC1)NCC(F)(F)F. The molecule has 1 amide bonds. The van der Waals surface area contributed by atoms with E-state index in [1.165, 1.54) is 6.33 Å². The standard InChI is InChI=1S/C15H22F3N5O/c16-15(17,18)10-22-14(24)9-23(8-12-6-20-11-21-7-12)13-2-1-4-19-5-3-13/h6-7,11,13,19H,1-5,8-10H2,(H,22,24)/t13-/m0/s1. The first-order valence-corrected chi connectivity index (χ1v) is 7.96. The highest BCUT2D eigenvalue weighted by Gasteiger charge is 2.29. The average molecular weight is 345 g/mol.